The number of allylic oxidation sites excluding steroid dienone is 1. The summed E-state index contributed by atoms with van der Waals surface area (Å²) in [5.41, 5.74) is 6.64. The molecule has 0 aliphatic heterocycles. The molecule has 1 rings (SSSR count). The Morgan fingerprint density at radius 1 is 1.20 bits per heavy atom. The summed E-state index contributed by atoms with van der Waals surface area (Å²) >= 11 is 0. The second-order valence-electron chi connectivity index (χ2n) is 3.96. The largest absolute Gasteiger partial charge is 0.380 e. The Kier molecular flexibility index (Phi) is 4.10. The van der Waals surface area contributed by atoms with Crippen molar-refractivity contribution in [2.45, 2.75) is 34.3 Å². The maximum absolute atomic E-state index is 5.24. The Bertz CT molecular complexity index is 375. The van der Waals surface area contributed by atoms with Gasteiger partial charge in [-0.15, -0.1) is 0 Å². The molecule has 82 valence electrons. The first-order valence-electron chi connectivity index (χ1n) is 5.33. The monoisotopic (exact) mass is 204 g/mol. The van der Waals surface area contributed by atoms with Gasteiger partial charge in [-0.2, -0.15) is 0 Å². The zero-order chi connectivity index (χ0) is 11.4. The molecule has 0 aliphatic rings. The van der Waals surface area contributed by atoms with E-state index in [9.17, 15) is 0 Å². The molecule has 1 aromatic rings. The lowest BCUT2D eigenvalue weighted by Gasteiger charge is -2.14. The molecule has 1 heteroatoms. The SMILES string of the molecule is C/C=C/c1c(C)cc(C)c(COC)c1C. The predicted octanol–water partition coefficient (Wildman–Crippen LogP) is 3.79. The second kappa shape index (κ2) is 5.13. The van der Waals surface area contributed by atoms with Crippen LogP contribution in [0.4, 0.5) is 0 Å². The molecule has 0 spiro atoms. The highest BCUT2D eigenvalue weighted by Crippen LogP contribution is 2.24. The van der Waals surface area contributed by atoms with E-state index in [2.05, 4.69) is 45.9 Å². The van der Waals surface area contributed by atoms with Crippen LogP contribution in [0.2, 0.25) is 0 Å². The van der Waals surface area contributed by atoms with Crippen LogP contribution in [-0.4, -0.2) is 7.11 Å². The normalized spacial score (nSPS) is 11.3. The molecule has 0 unspecified atom stereocenters. The third kappa shape index (κ3) is 2.48. The molecule has 1 aromatic carbocycles. The van der Waals surface area contributed by atoms with E-state index in [1.807, 2.05) is 0 Å². The fourth-order valence-electron chi connectivity index (χ4n) is 2.03. The molecule has 0 aliphatic carbocycles. The fourth-order valence-corrected chi connectivity index (χ4v) is 2.03. The topological polar surface area (TPSA) is 9.23 Å². The first-order chi connectivity index (χ1) is 7.11. The van der Waals surface area contributed by atoms with Crippen molar-refractivity contribution in [1.29, 1.82) is 0 Å². The van der Waals surface area contributed by atoms with Gasteiger partial charge >= 0.3 is 0 Å². The Morgan fingerprint density at radius 2 is 1.87 bits per heavy atom. The highest BCUT2D eigenvalue weighted by atomic mass is 16.5. The van der Waals surface area contributed by atoms with Crippen LogP contribution in [0.1, 0.15) is 34.7 Å². The molecule has 0 radical (unpaired) electrons. The van der Waals surface area contributed by atoms with Gasteiger partial charge in [0.2, 0.25) is 0 Å². The summed E-state index contributed by atoms with van der Waals surface area (Å²) in [5.74, 6) is 0. The van der Waals surface area contributed by atoms with Crippen LogP contribution in [0, 0.1) is 20.8 Å². The van der Waals surface area contributed by atoms with Crippen LogP contribution in [0.15, 0.2) is 12.1 Å². The molecule has 0 amide bonds. The summed E-state index contributed by atoms with van der Waals surface area (Å²) in [6.07, 6.45) is 4.25. The van der Waals surface area contributed by atoms with Gasteiger partial charge in [0, 0.05) is 7.11 Å². The lowest BCUT2D eigenvalue weighted by molar-refractivity contribution is 0.184. The lowest BCUT2D eigenvalue weighted by atomic mass is 9.93. The summed E-state index contributed by atoms with van der Waals surface area (Å²) in [7, 11) is 1.74. The van der Waals surface area contributed by atoms with Crippen LogP contribution in [0.5, 0.6) is 0 Å². The highest BCUT2D eigenvalue weighted by Gasteiger charge is 2.08. The number of ether oxygens (including phenoxy) is 1. The van der Waals surface area contributed by atoms with E-state index in [0.29, 0.717) is 6.61 Å². The maximum Gasteiger partial charge on any atom is 0.0718 e. The summed E-state index contributed by atoms with van der Waals surface area (Å²) in [6, 6.07) is 2.23. The third-order valence-electron chi connectivity index (χ3n) is 2.81. The van der Waals surface area contributed by atoms with Crippen molar-refractivity contribution in [2.75, 3.05) is 7.11 Å². The number of methoxy groups -OCH3 is 1. The van der Waals surface area contributed by atoms with Crippen LogP contribution >= 0.6 is 0 Å². The molecule has 0 atom stereocenters. The van der Waals surface area contributed by atoms with Gasteiger partial charge in [0.15, 0.2) is 0 Å². The molecular formula is C14H20O. The molecule has 0 saturated heterocycles. The van der Waals surface area contributed by atoms with E-state index in [1.54, 1.807) is 7.11 Å². The zero-order valence-corrected chi connectivity index (χ0v) is 10.3. The van der Waals surface area contributed by atoms with Crippen molar-refractivity contribution < 1.29 is 4.74 Å². The Labute approximate surface area is 92.8 Å². The average molecular weight is 204 g/mol. The number of aryl methyl sites for hydroxylation is 2. The van der Waals surface area contributed by atoms with Crippen molar-refractivity contribution >= 4 is 6.08 Å². The minimum Gasteiger partial charge on any atom is -0.380 e. The first kappa shape index (κ1) is 12.0. The molecule has 0 saturated carbocycles. The second-order valence-corrected chi connectivity index (χ2v) is 3.96. The number of rotatable bonds is 3. The number of hydrogen-bond donors (Lipinski definition) is 0. The van der Waals surface area contributed by atoms with Gasteiger partial charge in [0.25, 0.3) is 0 Å². The minimum absolute atomic E-state index is 0.697. The lowest BCUT2D eigenvalue weighted by Crippen LogP contribution is -2.00. The van der Waals surface area contributed by atoms with E-state index in [1.165, 1.54) is 27.8 Å². The summed E-state index contributed by atoms with van der Waals surface area (Å²) in [4.78, 5) is 0. The van der Waals surface area contributed by atoms with E-state index < -0.39 is 0 Å². The van der Waals surface area contributed by atoms with E-state index in [4.69, 9.17) is 4.74 Å². The van der Waals surface area contributed by atoms with Crippen LogP contribution in [-0.2, 0) is 11.3 Å². The van der Waals surface area contributed by atoms with E-state index >= 15 is 0 Å². The number of hydrogen-bond acceptors (Lipinski definition) is 1. The smallest absolute Gasteiger partial charge is 0.0718 e. The van der Waals surface area contributed by atoms with E-state index in [0.717, 1.165) is 0 Å². The van der Waals surface area contributed by atoms with Gasteiger partial charge in [-0.25, -0.2) is 0 Å². The highest BCUT2D eigenvalue weighted by molar-refractivity contribution is 5.60. The predicted molar refractivity (Wildman–Crippen MR) is 66.1 cm³/mol. The molecule has 15 heavy (non-hydrogen) atoms. The van der Waals surface area contributed by atoms with E-state index in [-0.39, 0.29) is 0 Å². The Balaban J connectivity index is 3.34. The van der Waals surface area contributed by atoms with Gasteiger partial charge in [-0.05, 0) is 55.5 Å². The number of benzene rings is 1. The summed E-state index contributed by atoms with van der Waals surface area (Å²) < 4.78 is 5.24. The summed E-state index contributed by atoms with van der Waals surface area (Å²) in [6.45, 7) is 9.22. The molecular weight excluding hydrogens is 184 g/mol. The van der Waals surface area contributed by atoms with Gasteiger partial charge in [-0.3, -0.25) is 0 Å². The third-order valence-corrected chi connectivity index (χ3v) is 2.81. The van der Waals surface area contributed by atoms with Crippen molar-refractivity contribution in [2.24, 2.45) is 0 Å². The van der Waals surface area contributed by atoms with Gasteiger partial charge < -0.3 is 4.74 Å². The Hall–Kier alpha value is -1.08. The zero-order valence-electron chi connectivity index (χ0n) is 10.3. The molecule has 1 nitrogen and oxygen atoms in total. The van der Waals surface area contributed by atoms with Crippen LogP contribution in [0.3, 0.4) is 0 Å². The first-order valence-corrected chi connectivity index (χ1v) is 5.33. The van der Waals surface area contributed by atoms with Crippen LogP contribution in [0.25, 0.3) is 6.08 Å². The van der Waals surface area contributed by atoms with Gasteiger partial charge in [0.05, 0.1) is 6.61 Å². The molecule has 0 N–H and O–H groups in total. The minimum atomic E-state index is 0.697. The maximum atomic E-state index is 5.24. The average Bonchev–Trinajstić information content (AvgIpc) is 2.19. The van der Waals surface area contributed by atoms with Crippen molar-refractivity contribution in [3.8, 4) is 0 Å². The van der Waals surface area contributed by atoms with Crippen molar-refractivity contribution in [1.82, 2.24) is 0 Å². The summed E-state index contributed by atoms with van der Waals surface area (Å²) in [5, 5.41) is 0. The van der Waals surface area contributed by atoms with Crippen molar-refractivity contribution in [3.63, 3.8) is 0 Å². The Morgan fingerprint density at radius 3 is 2.40 bits per heavy atom. The van der Waals surface area contributed by atoms with Gasteiger partial charge in [-0.1, -0.05) is 18.2 Å². The van der Waals surface area contributed by atoms with Crippen molar-refractivity contribution in [3.05, 3.63) is 40.0 Å². The fraction of sp³-hybridized carbons (Fsp3) is 0.429. The van der Waals surface area contributed by atoms with Crippen LogP contribution < -0.4 is 0 Å². The standard InChI is InChI=1S/C14H20O/c1-6-7-13-10(2)8-11(3)14(9-15-5)12(13)4/h6-8H,9H2,1-5H3/b7-6+. The molecule has 0 fully saturated rings. The van der Waals surface area contributed by atoms with Gasteiger partial charge in [0.1, 0.15) is 0 Å². The molecule has 0 heterocycles. The molecule has 0 bridgehead atoms. The quantitative estimate of drug-likeness (QED) is 0.728. The molecule has 0 aromatic heterocycles.